The predicted octanol–water partition coefficient (Wildman–Crippen LogP) is 2.38. The average molecular weight is 410 g/mol. The highest BCUT2D eigenvalue weighted by molar-refractivity contribution is 7.89. The molecule has 28 heavy (non-hydrogen) atoms. The van der Waals surface area contributed by atoms with Gasteiger partial charge in [-0.05, 0) is 67.7 Å². The molecular weight excluding hydrogens is 381 g/mol. The molecule has 2 saturated heterocycles. The number of hydrogen-bond donors (Lipinski definition) is 1. The number of rotatable bonds is 5. The number of carbonyl (C=O) groups excluding carboxylic acids is 1. The summed E-state index contributed by atoms with van der Waals surface area (Å²) in [4.78, 5) is 12.6. The molecule has 3 aliphatic rings. The van der Waals surface area contributed by atoms with E-state index in [2.05, 4.69) is 5.43 Å². The van der Waals surface area contributed by atoms with Crippen molar-refractivity contribution in [3.05, 3.63) is 30.1 Å². The number of nitrogens with one attached hydrogen (secondary N) is 1. The summed E-state index contributed by atoms with van der Waals surface area (Å²) < 4.78 is 40.2. The molecule has 6 nitrogen and oxygen atoms in total. The lowest BCUT2D eigenvalue weighted by molar-refractivity contribution is -0.126. The van der Waals surface area contributed by atoms with Crippen molar-refractivity contribution < 1.29 is 17.6 Å². The number of amides is 1. The number of fused-ring (bicyclic) bond motifs is 1. The van der Waals surface area contributed by atoms with Crippen molar-refractivity contribution >= 4 is 15.9 Å². The van der Waals surface area contributed by atoms with Crippen molar-refractivity contribution in [1.29, 1.82) is 0 Å². The van der Waals surface area contributed by atoms with E-state index in [0.29, 0.717) is 31.3 Å². The molecule has 1 aromatic carbocycles. The summed E-state index contributed by atoms with van der Waals surface area (Å²) in [7, 11) is -3.66. The summed E-state index contributed by atoms with van der Waals surface area (Å²) in [6, 6.07) is 4.91. The van der Waals surface area contributed by atoms with Crippen molar-refractivity contribution in [3.8, 4) is 0 Å². The number of piperidine rings is 1. The topological polar surface area (TPSA) is 69.7 Å². The van der Waals surface area contributed by atoms with Crippen LogP contribution >= 0.6 is 0 Å². The molecule has 1 N–H and O–H groups in total. The summed E-state index contributed by atoms with van der Waals surface area (Å²) in [6.07, 6.45) is 5.73. The molecule has 154 valence electrons. The largest absolute Gasteiger partial charge is 0.289 e. The minimum absolute atomic E-state index is 0.00563. The fraction of sp³-hybridized carbons (Fsp3) is 0.650. The van der Waals surface area contributed by atoms with Crippen LogP contribution in [0.25, 0.3) is 0 Å². The maximum Gasteiger partial charge on any atom is 0.243 e. The molecule has 0 bridgehead atoms. The van der Waals surface area contributed by atoms with Crippen molar-refractivity contribution in [2.45, 2.75) is 43.4 Å². The van der Waals surface area contributed by atoms with Crippen LogP contribution in [0, 0.1) is 23.6 Å². The van der Waals surface area contributed by atoms with Gasteiger partial charge in [-0.3, -0.25) is 10.2 Å². The molecule has 2 heterocycles. The second-order valence-corrected chi connectivity index (χ2v) is 10.4. The lowest BCUT2D eigenvalue weighted by Crippen LogP contribution is -2.44. The van der Waals surface area contributed by atoms with E-state index in [1.807, 2.05) is 5.01 Å². The van der Waals surface area contributed by atoms with E-state index in [4.69, 9.17) is 0 Å². The van der Waals surface area contributed by atoms with Crippen LogP contribution in [0.4, 0.5) is 4.39 Å². The van der Waals surface area contributed by atoms with Crippen molar-refractivity contribution in [3.63, 3.8) is 0 Å². The van der Waals surface area contributed by atoms with Gasteiger partial charge in [0.15, 0.2) is 0 Å². The molecule has 3 atom stereocenters. The Labute approximate surface area is 166 Å². The molecule has 3 unspecified atom stereocenters. The van der Waals surface area contributed by atoms with Crippen LogP contribution in [0.15, 0.2) is 29.2 Å². The molecule has 8 heteroatoms. The molecule has 1 aliphatic carbocycles. The van der Waals surface area contributed by atoms with Crippen LogP contribution in [-0.4, -0.2) is 49.8 Å². The first kappa shape index (κ1) is 19.8. The molecule has 2 aliphatic heterocycles. The first-order valence-corrected chi connectivity index (χ1v) is 11.7. The summed E-state index contributed by atoms with van der Waals surface area (Å²) in [5.41, 5.74) is 3.03. The minimum atomic E-state index is -3.66. The van der Waals surface area contributed by atoms with Crippen molar-refractivity contribution in [2.24, 2.45) is 17.8 Å². The van der Waals surface area contributed by atoms with Crippen LogP contribution in [0.3, 0.4) is 0 Å². The van der Waals surface area contributed by atoms with Crippen LogP contribution in [0.5, 0.6) is 0 Å². The number of benzene rings is 1. The Bertz CT molecular complexity index is 802. The van der Waals surface area contributed by atoms with Gasteiger partial charge in [-0.15, -0.1) is 0 Å². The van der Waals surface area contributed by atoms with E-state index in [0.717, 1.165) is 38.1 Å². The van der Waals surface area contributed by atoms with Crippen LogP contribution in [-0.2, 0) is 14.8 Å². The van der Waals surface area contributed by atoms with Crippen LogP contribution in [0.2, 0.25) is 0 Å². The molecule has 3 fully saturated rings. The highest BCUT2D eigenvalue weighted by Gasteiger charge is 2.37. The Hall–Kier alpha value is -1.51. The van der Waals surface area contributed by atoms with Gasteiger partial charge in [0.1, 0.15) is 5.82 Å². The van der Waals surface area contributed by atoms with Crippen molar-refractivity contribution in [2.75, 3.05) is 26.2 Å². The fourth-order valence-corrected chi connectivity index (χ4v) is 6.53. The van der Waals surface area contributed by atoms with Gasteiger partial charge in [-0.1, -0.05) is 6.42 Å². The van der Waals surface area contributed by atoms with Gasteiger partial charge >= 0.3 is 0 Å². The van der Waals surface area contributed by atoms with Crippen molar-refractivity contribution in [1.82, 2.24) is 14.7 Å². The molecule has 0 aromatic heterocycles. The summed E-state index contributed by atoms with van der Waals surface area (Å²) in [6.45, 7) is 2.64. The number of carbonyl (C=O) groups is 1. The van der Waals surface area contributed by atoms with Crippen LogP contribution in [0.1, 0.15) is 38.5 Å². The molecule has 1 aromatic rings. The fourth-order valence-electron chi connectivity index (χ4n) is 4.98. The van der Waals surface area contributed by atoms with E-state index in [1.165, 1.54) is 35.7 Å². The summed E-state index contributed by atoms with van der Waals surface area (Å²) in [5, 5.41) is 2.05. The molecule has 0 spiro atoms. The molecule has 1 amide bonds. The third-order valence-electron chi connectivity index (χ3n) is 6.42. The highest BCUT2D eigenvalue weighted by atomic mass is 32.2. The van der Waals surface area contributed by atoms with Gasteiger partial charge in [0.25, 0.3) is 0 Å². The maximum absolute atomic E-state index is 13.1. The van der Waals surface area contributed by atoms with Gasteiger partial charge in [0.05, 0.1) is 4.90 Å². The predicted molar refractivity (Wildman–Crippen MR) is 103 cm³/mol. The highest BCUT2D eigenvalue weighted by Crippen LogP contribution is 2.37. The number of hydrazine groups is 1. The maximum atomic E-state index is 13.1. The third kappa shape index (κ3) is 4.23. The van der Waals surface area contributed by atoms with Gasteiger partial charge in [0, 0.05) is 32.6 Å². The Morgan fingerprint density at radius 3 is 2.39 bits per heavy atom. The number of sulfonamides is 1. The van der Waals surface area contributed by atoms with E-state index in [1.54, 1.807) is 0 Å². The smallest absolute Gasteiger partial charge is 0.243 e. The average Bonchev–Trinajstić information content (AvgIpc) is 3.23. The van der Waals surface area contributed by atoms with Crippen LogP contribution < -0.4 is 5.43 Å². The summed E-state index contributed by atoms with van der Waals surface area (Å²) >= 11 is 0. The van der Waals surface area contributed by atoms with E-state index in [-0.39, 0.29) is 16.7 Å². The first-order valence-electron chi connectivity index (χ1n) is 10.2. The zero-order valence-corrected chi connectivity index (χ0v) is 16.8. The first-order chi connectivity index (χ1) is 13.4. The number of hydrogen-bond acceptors (Lipinski definition) is 4. The standard InChI is InChI=1S/C20H28FN3O3S/c21-18-6-8-19(9-7-18)28(26,27)24-10-2-3-15(12-24)11-20(25)22-23-13-16-4-1-5-17(16)14-23/h6-9,15-17H,1-5,10-14H2,(H,22,25). The number of nitrogens with zero attached hydrogens (tertiary/aromatic N) is 2. The van der Waals surface area contributed by atoms with E-state index >= 15 is 0 Å². The lowest BCUT2D eigenvalue weighted by Gasteiger charge is -2.32. The second-order valence-electron chi connectivity index (χ2n) is 8.42. The van der Waals surface area contributed by atoms with Gasteiger partial charge in [-0.25, -0.2) is 17.8 Å². The zero-order chi connectivity index (χ0) is 19.7. The Morgan fingerprint density at radius 1 is 1.04 bits per heavy atom. The Morgan fingerprint density at radius 2 is 1.71 bits per heavy atom. The van der Waals surface area contributed by atoms with Gasteiger partial charge < -0.3 is 0 Å². The molecular formula is C20H28FN3O3S. The zero-order valence-electron chi connectivity index (χ0n) is 16.0. The van der Waals surface area contributed by atoms with E-state index in [9.17, 15) is 17.6 Å². The summed E-state index contributed by atoms with van der Waals surface area (Å²) in [5.74, 6) is 0.952. The molecule has 0 radical (unpaired) electrons. The second kappa shape index (κ2) is 8.08. The Balaban J connectivity index is 1.32. The minimum Gasteiger partial charge on any atom is -0.289 e. The normalized spacial score (nSPS) is 29.0. The monoisotopic (exact) mass is 409 g/mol. The SMILES string of the molecule is O=C(CC1CCCN(S(=O)(=O)c2ccc(F)cc2)C1)NN1CC2CCCC2C1. The van der Waals surface area contributed by atoms with Gasteiger partial charge in [-0.2, -0.15) is 4.31 Å². The molecule has 4 rings (SSSR count). The lowest BCUT2D eigenvalue weighted by atomic mass is 9.96. The van der Waals surface area contributed by atoms with E-state index < -0.39 is 15.8 Å². The van der Waals surface area contributed by atoms with Gasteiger partial charge in [0.2, 0.25) is 15.9 Å². The Kier molecular flexibility index (Phi) is 5.71. The quantitative estimate of drug-likeness (QED) is 0.811. The molecule has 1 saturated carbocycles. The number of halogens is 1. The third-order valence-corrected chi connectivity index (χ3v) is 8.30.